The Kier molecular flexibility index (Phi) is 3.91. The molecule has 0 aliphatic carbocycles. The summed E-state index contributed by atoms with van der Waals surface area (Å²) in [5, 5.41) is 3.30. The molecule has 0 bridgehead atoms. The topological polar surface area (TPSA) is 52.7 Å². The number of rotatable bonds is 3. The van der Waals surface area contributed by atoms with Gasteiger partial charge in [0.15, 0.2) is 0 Å². The summed E-state index contributed by atoms with van der Waals surface area (Å²) in [6, 6.07) is 0. The van der Waals surface area contributed by atoms with E-state index in [2.05, 4.69) is 26.1 Å². The monoisotopic (exact) mass is 227 g/mol. The maximum Gasteiger partial charge on any atom is 0.242 e. The third-order valence-electron chi connectivity index (χ3n) is 2.51. The summed E-state index contributed by atoms with van der Waals surface area (Å²) in [5.41, 5.74) is 0.0413. The smallest absolute Gasteiger partial charge is 0.242 e. The summed E-state index contributed by atoms with van der Waals surface area (Å²) >= 11 is 0. The highest BCUT2D eigenvalue weighted by Gasteiger charge is 2.26. The highest BCUT2D eigenvalue weighted by atomic mass is 16.2. The van der Waals surface area contributed by atoms with Crippen LogP contribution in [0.4, 0.5) is 0 Å². The molecule has 1 N–H and O–H groups in total. The first-order valence-corrected chi connectivity index (χ1v) is 5.56. The Labute approximate surface area is 96.8 Å². The van der Waals surface area contributed by atoms with Gasteiger partial charge in [-0.2, -0.15) is 0 Å². The largest absolute Gasteiger partial charge is 0.335 e. The van der Waals surface area contributed by atoms with Crippen molar-refractivity contribution in [2.75, 3.05) is 33.2 Å². The minimum absolute atomic E-state index is 0.00959. The first-order valence-electron chi connectivity index (χ1n) is 5.56. The second-order valence-corrected chi connectivity index (χ2v) is 5.24. The van der Waals surface area contributed by atoms with Crippen molar-refractivity contribution in [1.29, 1.82) is 0 Å². The fraction of sp³-hybridized carbons (Fsp3) is 0.818. The van der Waals surface area contributed by atoms with E-state index < -0.39 is 0 Å². The number of hydrogen-bond donors (Lipinski definition) is 1. The van der Waals surface area contributed by atoms with Gasteiger partial charge in [0, 0.05) is 25.7 Å². The first kappa shape index (κ1) is 13.0. The SMILES string of the molecule is CN1CC(=O)N(CCNC(C)(C)C)CC1=O. The fourth-order valence-electron chi connectivity index (χ4n) is 1.53. The molecule has 0 radical (unpaired) electrons. The predicted molar refractivity (Wildman–Crippen MR) is 62.0 cm³/mol. The molecular formula is C11H21N3O2. The van der Waals surface area contributed by atoms with E-state index in [0.717, 1.165) is 0 Å². The second kappa shape index (κ2) is 4.82. The van der Waals surface area contributed by atoms with E-state index in [0.29, 0.717) is 13.1 Å². The van der Waals surface area contributed by atoms with Gasteiger partial charge in [-0.25, -0.2) is 0 Å². The molecule has 5 heteroatoms. The average molecular weight is 227 g/mol. The molecular weight excluding hydrogens is 206 g/mol. The number of nitrogens with one attached hydrogen (secondary N) is 1. The maximum absolute atomic E-state index is 11.6. The summed E-state index contributed by atoms with van der Waals surface area (Å²) in [7, 11) is 1.66. The van der Waals surface area contributed by atoms with Gasteiger partial charge in [0.2, 0.25) is 11.8 Å². The summed E-state index contributed by atoms with van der Waals surface area (Å²) in [4.78, 5) is 26.1. The number of piperazine rings is 1. The Balaban J connectivity index is 2.37. The number of carbonyl (C=O) groups is 2. The Morgan fingerprint density at radius 2 is 1.81 bits per heavy atom. The van der Waals surface area contributed by atoms with Crippen LogP contribution >= 0.6 is 0 Å². The van der Waals surface area contributed by atoms with Crippen molar-refractivity contribution >= 4 is 11.8 Å². The van der Waals surface area contributed by atoms with Gasteiger partial charge in [0.25, 0.3) is 0 Å². The van der Waals surface area contributed by atoms with Gasteiger partial charge in [0.1, 0.15) is 0 Å². The van der Waals surface area contributed by atoms with Crippen LogP contribution in [0.2, 0.25) is 0 Å². The molecule has 1 rings (SSSR count). The molecule has 5 nitrogen and oxygen atoms in total. The van der Waals surface area contributed by atoms with Gasteiger partial charge < -0.3 is 15.1 Å². The summed E-state index contributed by atoms with van der Waals surface area (Å²) < 4.78 is 0. The zero-order valence-corrected chi connectivity index (χ0v) is 10.5. The number of hydrogen-bond acceptors (Lipinski definition) is 3. The van der Waals surface area contributed by atoms with Gasteiger partial charge in [0.05, 0.1) is 13.1 Å². The molecule has 0 aromatic heterocycles. The van der Waals surface area contributed by atoms with Crippen LogP contribution in [0, 0.1) is 0 Å². The van der Waals surface area contributed by atoms with Crippen LogP contribution in [0.25, 0.3) is 0 Å². The quantitative estimate of drug-likeness (QED) is 0.718. The molecule has 1 fully saturated rings. The van der Waals surface area contributed by atoms with E-state index >= 15 is 0 Å². The maximum atomic E-state index is 11.6. The predicted octanol–water partition coefficient (Wildman–Crippen LogP) is -0.325. The van der Waals surface area contributed by atoms with E-state index in [4.69, 9.17) is 0 Å². The molecule has 0 unspecified atom stereocenters. The van der Waals surface area contributed by atoms with Crippen molar-refractivity contribution < 1.29 is 9.59 Å². The van der Waals surface area contributed by atoms with Crippen molar-refractivity contribution in [3.8, 4) is 0 Å². The Hall–Kier alpha value is -1.10. The Morgan fingerprint density at radius 1 is 1.19 bits per heavy atom. The van der Waals surface area contributed by atoms with Gasteiger partial charge in [-0.15, -0.1) is 0 Å². The number of carbonyl (C=O) groups excluding carboxylic acids is 2. The molecule has 1 aliphatic heterocycles. The number of likely N-dealkylation sites (N-methyl/N-ethyl adjacent to an activating group) is 1. The standard InChI is InChI=1S/C11H21N3O2/c1-11(2,3)12-5-6-14-8-9(15)13(4)7-10(14)16/h12H,5-8H2,1-4H3. The van der Waals surface area contributed by atoms with Crippen molar-refractivity contribution in [1.82, 2.24) is 15.1 Å². The molecule has 92 valence electrons. The second-order valence-electron chi connectivity index (χ2n) is 5.24. The first-order chi connectivity index (χ1) is 7.29. The van der Waals surface area contributed by atoms with E-state index in [1.54, 1.807) is 11.9 Å². The van der Waals surface area contributed by atoms with Crippen molar-refractivity contribution in [2.24, 2.45) is 0 Å². The van der Waals surface area contributed by atoms with Crippen molar-refractivity contribution in [3.63, 3.8) is 0 Å². The molecule has 0 saturated carbocycles. The minimum atomic E-state index is 0.00959. The lowest BCUT2D eigenvalue weighted by Crippen LogP contribution is -2.54. The van der Waals surface area contributed by atoms with Gasteiger partial charge in [-0.1, -0.05) is 0 Å². The normalized spacial score (nSPS) is 18.2. The van der Waals surface area contributed by atoms with E-state index in [1.807, 2.05) is 0 Å². The third-order valence-corrected chi connectivity index (χ3v) is 2.51. The highest BCUT2D eigenvalue weighted by molar-refractivity contribution is 5.92. The van der Waals surface area contributed by atoms with Crippen LogP contribution in [-0.2, 0) is 9.59 Å². The summed E-state index contributed by atoms with van der Waals surface area (Å²) in [6.07, 6.45) is 0. The zero-order chi connectivity index (χ0) is 12.3. The lowest BCUT2D eigenvalue weighted by molar-refractivity contribution is -0.148. The molecule has 1 aliphatic rings. The van der Waals surface area contributed by atoms with Crippen molar-refractivity contribution in [2.45, 2.75) is 26.3 Å². The average Bonchev–Trinajstić information content (AvgIpc) is 2.11. The fourth-order valence-corrected chi connectivity index (χ4v) is 1.53. The Morgan fingerprint density at radius 3 is 2.38 bits per heavy atom. The molecule has 16 heavy (non-hydrogen) atoms. The summed E-state index contributed by atoms with van der Waals surface area (Å²) in [5.74, 6) is 0.0353. The molecule has 1 heterocycles. The lowest BCUT2D eigenvalue weighted by Gasteiger charge is -2.32. The van der Waals surface area contributed by atoms with Gasteiger partial charge >= 0.3 is 0 Å². The van der Waals surface area contributed by atoms with Crippen LogP contribution in [0.1, 0.15) is 20.8 Å². The molecule has 2 amide bonds. The van der Waals surface area contributed by atoms with Gasteiger partial charge in [-0.3, -0.25) is 9.59 Å². The van der Waals surface area contributed by atoms with Crippen molar-refractivity contribution in [3.05, 3.63) is 0 Å². The minimum Gasteiger partial charge on any atom is -0.335 e. The molecule has 0 spiro atoms. The molecule has 0 aromatic carbocycles. The third kappa shape index (κ3) is 3.81. The number of nitrogens with zero attached hydrogens (tertiary/aromatic N) is 2. The van der Waals surface area contributed by atoms with E-state index in [9.17, 15) is 9.59 Å². The Bertz CT molecular complexity index is 283. The highest BCUT2D eigenvalue weighted by Crippen LogP contribution is 2.03. The van der Waals surface area contributed by atoms with Gasteiger partial charge in [-0.05, 0) is 20.8 Å². The molecule has 1 saturated heterocycles. The van der Waals surface area contributed by atoms with Crippen LogP contribution in [-0.4, -0.2) is 60.4 Å². The van der Waals surface area contributed by atoms with Crippen LogP contribution in [0.3, 0.4) is 0 Å². The van der Waals surface area contributed by atoms with Crippen LogP contribution in [0.15, 0.2) is 0 Å². The van der Waals surface area contributed by atoms with E-state index in [-0.39, 0.29) is 30.4 Å². The lowest BCUT2D eigenvalue weighted by atomic mass is 10.1. The van der Waals surface area contributed by atoms with Crippen LogP contribution < -0.4 is 5.32 Å². The molecule has 0 atom stereocenters. The van der Waals surface area contributed by atoms with E-state index in [1.165, 1.54) is 4.90 Å². The summed E-state index contributed by atoms with van der Waals surface area (Å²) in [6.45, 7) is 7.94. The zero-order valence-electron chi connectivity index (χ0n) is 10.5. The molecule has 0 aromatic rings. The van der Waals surface area contributed by atoms with Crippen LogP contribution in [0.5, 0.6) is 0 Å². The number of amides is 2.